The highest BCUT2D eigenvalue weighted by atomic mass is 32.1. The normalized spacial score (nSPS) is 14.2. The zero-order valence-corrected chi connectivity index (χ0v) is 20.8. The molecule has 6 aromatic heterocycles. The number of pyridine rings is 3. The van der Waals surface area contributed by atoms with Gasteiger partial charge in [0.2, 0.25) is 0 Å². The van der Waals surface area contributed by atoms with Crippen LogP contribution < -0.4 is 4.74 Å². The molecule has 0 aliphatic carbocycles. The number of fused-ring (bicyclic) bond motifs is 2. The number of nitrogens with one attached hydrogen (secondary N) is 2. The number of thiophene rings is 1. The van der Waals surface area contributed by atoms with Gasteiger partial charge in [-0.2, -0.15) is 5.10 Å². The molecular formula is C27H24N8OS. The summed E-state index contributed by atoms with van der Waals surface area (Å²) in [5.41, 5.74) is 5.87. The van der Waals surface area contributed by atoms with Crippen LogP contribution in [0.1, 0.15) is 12.8 Å². The van der Waals surface area contributed by atoms with Crippen molar-refractivity contribution in [2.24, 2.45) is 0 Å². The van der Waals surface area contributed by atoms with Gasteiger partial charge in [-0.05, 0) is 55.6 Å². The summed E-state index contributed by atoms with van der Waals surface area (Å²) in [5, 5.41) is 10.6. The number of imidazole rings is 1. The molecule has 0 amide bonds. The lowest BCUT2D eigenvalue weighted by atomic mass is 10.1. The number of H-pyrrole nitrogens is 2. The van der Waals surface area contributed by atoms with Crippen molar-refractivity contribution in [3.63, 3.8) is 0 Å². The predicted molar refractivity (Wildman–Crippen MR) is 144 cm³/mol. The van der Waals surface area contributed by atoms with Crippen molar-refractivity contribution >= 4 is 33.3 Å². The van der Waals surface area contributed by atoms with Crippen LogP contribution in [0.2, 0.25) is 0 Å². The summed E-state index contributed by atoms with van der Waals surface area (Å²) in [6.07, 6.45) is 9.72. The molecule has 0 spiro atoms. The molecule has 9 nitrogen and oxygen atoms in total. The smallest absolute Gasteiger partial charge is 0.159 e. The van der Waals surface area contributed by atoms with Crippen molar-refractivity contribution in [2.45, 2.75) is 12.8 Å². The summed E-state index contributed by atoms with van der Waals surface area (Å²) in [6.45, 7) is 3.91. The van der Waals surface area contributed by atoms with Crippen LogP contribution in [0.15, 0.2) is 60.5 Å². The molecule has 0 saturated carbocycles. The first kappa shape index (κ1) is 22.1. The Morgan fingerprint density at radius 2 is 1.95 bits per heavy atom. The largest absolute Gasteiger partial charge is 0.491 e. The van der Waals surface area contributed by atoms with Gasteiger partial charge in [0.15, 0.2) is 5.82 Å². The fraction of sp³-hybridized carbons (Fsp3) is 0.222. The third kappa shape index (κ3) is 4.24. The fourth-order valence-electron chi connectivity index (χ4n) is 4.83. The van der Waals surface area contributed by atoms with Gasteiger partial charge in [0.05, 0.1) is 34.0 Å². The van der Waals surface area contributed by atoms with Crippen LogP contribution in [0.3, 0.4) is 0 Å². The minimum atomic E-state index is 0.651. The molecule has 0 unspecified atom stereocenters. The van der Waals surface area contributed by atoms with Gasteiger partial charge in [-0.15, -0.1) is 11.3 Å². The molecule has 37 heavy (non-hydrogen) atoms. The minimum absolute atomic E-state index is 0.651. The van der Waals surface area contributed by atoms with Crippen molar-refractivity contribution in [1.29, 1.82) is 0 Å². The van der Waals surface area contributed by atoms with E-state index in [0.29, 0.717) is 12.4 Å². The monoisotopic (exact) mass is 508 g/mol. The topological polar surface area (TPSA) is 108 Å². The standard InChI is InChI=1S/C27H24N8OS/c1-2-8-35(7-1)9-10-36-18-12-17(14-28-15-18)21-13-19-22(16-30-21)33-34-24(19)27-31-20-5-6-29-26(25(20)32-27)23-4-3-11-37-23/h3-6,11-16H,1-2,7-10H2,(H,31,32)(H,33,34). The summed E-state index contributed by atoms with van der Waals surface area (Å²) in [5.74, 6) is 1.43. The van der Waals surface area contributed by atoms with E-state index in [4.69, 9.17) is 9.72 Å². The number of nitrogens with zero attached hydrogens (tertiary/aromatic N) is 6. The first-order valence-electron chi connectivity index (χ1n) is 12.4. The average molecular weight is 509 g/mol. The molecule has 1 aliphatic rings. The number of hydrogen-bond donors (Lipinski definition) is 2. The highest BCUT2D eigenvalue weighted by Gasteiger charge is 2.17. The Balaban J connectivity index is 1.20. The quantitative estimate of drug-likeness (QED) is 0.307. The van der Waals surface area contributed by atoms with Gasteiger partial charge in [-0.25, -0.2) is 4.98 Å². The molecule has 1 aliphatic heterocycles. The van der Waals surface area contributed by atoms with Gasteiger partial charge < -0.3 is 9.72 Å². The molecule has 2 N–H and O–H groups in total. The molecule has 1 saturated heterocycles. The fourth-order valence-corrected chi connectivity index (χ4v) is 5.55. The van der Waals surface area contributed by atoms with E-state index in [-0.39, 0.29) is 0 Å². The summed E-state index contributed by atoms with van der Waals surface area (Å²) >= 11 is 1.65. The van der Waals surface area contributed by atoms with E-state index in [9.17, 15) is 0 Å². The maximum atomic E-state index is 6.00. The second-order valence-electron chi connectivity index (χ2n) is 9.11. The van der Waals surface area contributed by atoms with E-state index in [1.165, 1.54) is 12.8 Å². The second-order valence-corrected chi connectivity index (χ2v) is 10.1. The lowest BCUT2D eigenvalue weighted by Crippen LogP contribution is -2.25. The summed E-state index contributed by atoms with van der Waals surface area (Å²) in [7, 11) is 0. The number of hydrogen-bond acceptors (Lipinski definition) is 8. The molecule has 184 valence electrons. The lowest BCUT2D eigenvalue weighted by Gasteiger charge is -2.15. The highest BCUT2D eigenvalue weighted by molar-refractivity contribution is 7.13. The van der Waals surface area contributed by atoms with Gasteiger partial charge in [-0.3, -0.25) is 25.0 Å². The van der Waals surface area contributed by atoms with E-state index in [1.54, 1.807) is 36.1 Å². The maximum absolute atomic E-state index is 6.00. The number of ether oxygens (including phenoxy) is 1. The van der Waals surface area contributed by atoms with Gasteiger partial charge >= 0.3 is 0 Å². The molecule has 7 heterocycles. The molecule has 10 heteroatoms. The van der Waals surface area contributed by atoms with Crippen molar-refractivity contribution in [2.75, 3.05) is 26.2 Å². The Bertz CT molecular complexity index is 1680. The number of likely N-dealkylation sites (tertiary alicyclic amines) is 1. The van der Waals surface area contributed by atoms with Crippen LogP contribution in [0.4, 0.5) is 0 Å². The van der Waals surface area contributed by atoms with Crippen molar-refractivity contribution in [3.05, 3.63) is 60.5 Å². The highest BCUT2D eigenvalue weighted by Crippen LogP contribution is 2.33. The molecule has 0 radical (unpaired) electrons. The lowest BCUT2D eigenvalue weighted by molar-refractivity contribution is 0.237. The Hall–Kier alpha value is -4.15. The molecule has 0 aromatic carbocycles. The number of aromatic amines is 2. The summed E-state index contributed by atoms with van der Waals surface area (Å²) in [6, 6.07) is 10.0. The number of aromatic nitrogens is 7. The third-order valence-electron chi connectivity index (χ3n) is 6.71. The number of rotatable bonds is 7. The minimum Gasteiger partial charge on any atom is -0.491 e. The van der Waals surface area contributed by atoms with Crippen molar-refractivity contribution in [1.82, 2.24) is 40.0 Å². The van der Waals surface area contributed by atoms with E-state index >= 15 is 0 Å². The Labute approximate surface area is 216 Å². The van der Waals surface area contributed by atoms with Crippen molar-refractivity contribution in [3.8, 4) is 39.1 Å². The van der Waals surface area contributed by atoms with E-state index in [1.807, 2.05) is 29.6 Å². The van der Waals surface area contributed by atoms with E-state index in [2.05, 4.69) is 41.1 Å². The Morgan fingerprint density at radius 3 is 2.84 bits per heavy atom. The van der Waals surface area contributed by atoms with E-state index < -0.39 is 0 Å². The first-order valence-corrected chi connectivity index (χ1v) is 13.2. The van der Waals surface area contributed by atoms with Gasteiger partial charge in [0.25, 0.3) is 0 Å². The van der Waals surface area contributed by atoms with Crippen LogP contribution in [0.5, 0.6) is 5.75 Å². The third-order valence-corrected chi connectivity index (χ3v) is 7.59. The van der Waals surface area contributed by atoms with Crippen molar-refractivity contribution < 1.29 is 4.74 Å². The van der Waals surface area contributed by atoms with Gasteiger partial charge in [0, 0.05) is 29.9 Å². The zero-order valence-electron chi connectivity index (χ0n) is 20.0. The van der Waals surface area contributed by atoms with E-state index in [0.717, 1.165) is 74.8 Å². The van der Waals surface area contributed by atoms with Crippen LogP contribution >= 0.6 is 11.3 Å². The molecule has 1 fully saturated rings. The van der Waals surface area contributed by atoms with Gasteiger partial charge in [-0.1, -0.05) is 6.07 Å². The molecule has 0 atom stereocenters. The molecular weight excluding hydrogens is 484 g/mol. The van der Waals surface area contributed by atoms with Gasteiger partial charge in [0.1, 0.15) is 29.3 Å². The SMILES string of the molecule is c1csc(-c2nccc3[nH]c(-c4n[nH]c5cnc(-c6cncc(OCCN7CCCC7)c6)cc45)nc23)c1. The second kappa shape index (κ2) is 9.38. The van der Waals surface area contributed by atoms with Crippen LogP contribution in [-0.2, 0) is 0 Å². The maximum Gasteiger partial charge on any atom is 0.159 e. The van der Waals surface area contributed by atoms with Crippen LogP contribution in [0.25, 0.3) is 55.3 Å². The Morgan fingerprint density at radius 1 is 1.00 bits per heavy atom. The van der Waals surface area contributed by atoms with Crippen LogP contribution in [-0.4, -0.2) is 66.3 Å². The average Bonchev–Trinajstić information content (AvgIpc) is 3.74. The Kier molecular flexibility index (Phi) is 5.60. The van der Waals surface area contributed by atoms with Crippen LogP contribution in [0, 0.1) is 0 Å². The summed E-state index contributed by atoms with van der Waals surface area (Å²) < 4.78 is 6.00. The summed E-state index contributed by atoms with van der Waals surface area (Å²) in [4.78, 5) is 25.5. The molecule has 6 aromatic rings. The zero-order chi connectivity index (χ0) is 24.6. The molecule has 0 bridgehead atoms. The predicted octanol–water partition coefficient (Wildman–Crippen LogP) is 5.16. The first-order chi connectivity index (χ1) is 18.3. The molecule has 7 rings (SSSR count).